The third kappa shape index (κ3) is 2.42. The monoisotopic (exact) mass is 254 g/mol. The van der Waals surface area contributed by atoms with Gasteiger partial charge in [-0.15, -0.1) is 0 Å². The molecule has 0 saturated heterocycles. The number of phenols is 1. The fourth-order valence-electron chi connectivity index (χ4n) is 1.67. The van der Waals surface area contributed by atoms with E-state index < -0.39 is 0 Å². The quantitative estimate of drug-likeness (QED) is 0.767. The summed E-state index contributed by atoms with van der Waals surface area (Å²) in [7, 11) is 0. The Morgan fingerprint density at radius 1 is 1.16 bits per heavy atom. The van der Waals surface area contributed by atoms with E-state index in [9.17, 15) is 5.11 Å². The molecular formula is C13H10N4O2. The minimum Gasteiger partial charge on any atom is -0.508 e. The first-order valence-corrected chi connectivity index (χ1v) is 5.69. The number of rotatable bonds is 3. The van der Waals surface area contributed by atoms with Crippen LogP contribution in [0.15, 0.2) is 47.4 Å². The van der Waals surface area contributed by atoms with E-state index in [4.69, 9.17) is 4.52 Å². The van der Waals surface area contributed by atoms with Gasteiger partial charge in [0.2, 0.25) is 11.7 Å². The normalized spacial score (nSPS) is 10.5. The fourth-order valence-corrected chi connectivity index (χ4v) is 1.67. The fraction of sp³-hybridized carbons (Fsp3) is 0.0769. The van der Waals surface area contributed by atoms with Crippen molar-refractivity contribution in [3.05, 3.63) is 54.3 Å². The van der Waals surface area contributed by atoms with Crippen LogP contribution < -0.4 is 0 Å². The third-order valence-corrected chi connectivity index (χ3v) is 2.59. The Labute approximate surface area is 108 Å². The summed E-state index contributed by atoms with van der Waals surface area (Å²) >= 11 is 0. The van der Waals surface area contributed by atoms with Crippen LogP contribution in [0.25, 0.3) is 11.5 Å². The number of aromatic hydroxyl groups is 1. The molecule has 0 aliphatic carbocycles. The number of phenolic OH excluding ortho intramolecular Hbond substituents is 1. The summed E-state index contributed by atoms with van der Waals surface area (Å²) in [5, 5.41) is 13.5. The van der Waals surface area contributed by atoms with Crippen molar-refractivity contribution in [1.29, 1.82) is 0 Å². The maximum atomic E-state index is 9.68. The summed E-state index contributed by atoms with van der Waals surface area (Å²) in [5.41, 5.74) is 1.28. The second-order valence-corrected chi connectivity index (χ2v) is 3.91. The number of hydrogen-bond acceptors (Lipinski definition) is 6. The minimum absolute atomic E-state index is 0.210. The molecular weight excluding hydrogens is 244 g/mol. The van der Waals surface area contributed by atoms with Gasteiger partial charge in [-0.05, 0) is 6.07 Å². The molecule has 0 atom stereocenters. The number of para-hydroxylation sites is 1. The van der Waals surface area contributed by atoms with E-state index in [1.165, 1.54) is 0 Å². The van der Waals surface area contributed by atoms with Crippen molar-refractivity contribution in [3.63, 3.8) is 0 Å². The van der Waals surface area contributed by atoms with E-state index in [1.54, 1.807) is 30.7 Å². The van der Waals surface area contributed by atoms with E-state index in [2.05, 4.69) is 20.1 Å². The van der Waals surface area contributed by atoms with Crippen molar-refractivity contribution in [2.75, 3.05) is 0 Å². The highest BCUT2D eigenvalue weighted by molar-refractivity contribution is 5.45. The second-order valence-electron chi connectivity index (χ2n) is 3.91. The molecule has 3 rings (SSSR count). The first-order chi connectivity index (χ1) is 9.33. The topological polar surface area (TPSA) is 84.9 Å². The Morgan fingerprint density at radius 2 is 2.05 bits per heavy atom. The highest BCUT2D eigenvalue weighted by atomic mass is 16.5. The SMILES string of the molecule is Oc1ccccc1Cc1nc(-c2cnccn2)no1. The van der Waals surface area contributed by atoms with Crippen LogP contribution in [-0.4, -0.2) is 25.2 Å². The van der Waals surface area contributed by atoms with E-state index in [-0.39, 0.29) is 5.75 Å². The summed E-state index contributed by atoms with van der Waals surface area (Å²) in [6.07, 6.45) is 5.08. The Morgan fingerprint density at radius 3 is 2.84 bits per heavy atom. The van der Waals surface area contributed by atoms with Gasteiger partial charge in [0.25, 0.3) is 0 Å². The molecule has 19 heavy (non-hydrogen) atoms. The van der Waals surface area contributed by atoms with Crippen LogP contribution in [0.4, 0.5) is 0 Å². The van der Waals surface area contributed by atoms with Crippen molar-refractivity contribution >= 4 is 0 Å². The van der Waals surface area contributed by atoms with E-state index in [0.29, 0.717) is 23.8 Å². The summed E-state index contributed by atoms with van der Waals surface area (Å²) in [6, 6.07) is 7.03. The molecule has 2 aromatic heterocycles. The lowest BCUT2D eigenvalue weighted by molar-refractivity contribution is 0.383. The van der Waals surface area contributed by atoms with Gasteiger partial charge >= 0.3 is 0 Å². The van der Waals surface area contributed by atoms with Crippen LogP contribution >= 0.6 is 0 Å². The molecule has 0 aliphatic rings. The summed E-state index contributed by atoms with van der Waals surface area (Å²) in [5.74, 6) is 1.02. The molecule has 1 N–H and O–H groups in total. The maximum absolute atomic E-state index is 9.68. The van der Waals surface area contributed by atoms with Crippen LogP contribution in [0, 0.1) is 0 Å². The number of nitrogens with zero attached hydrogens (tertiary/aromatic N) is 4. The van der Waals surface area contributed by atoms with E-state index >= 15 is 0 Å². The molecule has 3 aromatic rings. The lowest BCUT2D eigenvalue weighted by Gasteiger charge is -1.99. The number of aromatic nitrogens is 4. The molecule has 0 radical (unpaired) electrons. The highest BCUT2D eigenvalue weighted by Gasteiger charge is 2.11. The van der Waals surface area contributed by atoms with Gasteiger partial charge in [-0.2, -0.15) is 4.98 Å². The van der Waals surface area contributed by atoms with Crippen molar-refractivity contribution in [3.8, 4) is 17.3 Å². The molecule has 1 aromatic carbocycles. The number of benzene rings is 1. The minimum atomic E-state index is 0.210. The number of hydrogen-bond donors (Lipinski definition) is 1. The molecule has 0 bridgehead atoms. The average molecular weight is 254 g/mol. The summed E-state index contributed by atoms with van der Waals surface area (Å²) in [6.45, 7) is 0. The van der Waals surface area contributed by atoms with Gasteiger partial charge in [-0.3, -0.25) is 4.98 Å². The molecule has 0 spiro atoms. The van der Waals surface area contributed by atoms with Crippen molar-refractivity contribution < 1.29 is 9.63 Å². The summed E-state index contributed by atoms with van der Waals surface area (Å²) in [4.78, 5) is 12.3. The van der Waals surface area contributed by atoms with Gasteiger partial charge in [-0.1, -0.05) is 23.4 Å². The lowest BCUT2D eigenvalue weighted by Crippen LogP contribution is -1.90. The Kier molecular flexibility index (Phi) is 2.89. The molecule has 0 saturated carbocycles. The van der Waals surface area contributed by atoms with Crippen molar-refractivity contribution in [1.82, 2.24) is 20.1 Å². The van der Waals surface area contributed by atoms with Gasteiger partial charge in [0.1, 0.15) is 11.4 Å². The van der Waals surface area contributed by atoms with Crippen LogP contribution in [0.3, 0.4) is 0 Å². The van der Waals surface area contributed by atoms with Crippen molar-refractivity contribution in [2.45, 2.75) is 6.42 Å². The lowest BCUT2D eigenvalue weighted by atomic mass is 10.1. The zero-order valence-electron chi connectivity index (χ0n) is 9.89. The smallest absolute Gasteiger partial charge is 0.231 e. The van der Waals surface area contributed by atoms with E-state index in [0.717, 1.165) is 5.56 Å². The first kappa shape index (κ1) is 11.3. The highest BCUT2D eigenvalue weighted by Crippen LogP contribution is 2.20. The Hall–Kier alpha value is -2.76. The molecule has 0 amide bonds. The maximum Gasteiger partial charge on any atom is 0.231 e. The zero-order valence-corrected chi connectivity index (χ0v) is 9.89. The predicted molar refractivity (Wildman–Crippen MR) is 66.2 cm³/mol. The van der Waals surface area contributed by atoms with Crippen LogP contribution in [-0.2, 0) is 6.42 Å². The van der Waals surface area contributed by atoms with Crippen LogP contribution in [0.5, 0.6) is 5.75 Å². The third-order valence-electron chi connectivity index (χ3n) is 2.59. The Balaban J connectivity index is 1.85. The van der Waals surface area contributed by atoms with Gasteiger partial charge < -0.3 is 9.63 Å². The second kappa shape index (κ2) is 4.85. The molecule has 2 heterocycles. The molecule has 6 heteroatoms. The predicted octanol–water partition coefficient (Wildman–Crippen LogP) is 1.82. The molecule has 0 aliphatic heterocycles. The molecule has 0 fully saturated rings. The zero-order chi connectivity index (χ0) is 13.1. The average Bonchev–Trinajstić information content (AvgIpc) is 2.91. The molecule has 6 nitrogen and oxygen atoms in total. The standard InChI is InChI=1S/C13H10N4O2/c18-11-4-2-1-3-9(11)7-12-16-13(17-19-12)10-8-14-5-6-15-10/h1-6,8,18H,7H2. The van der Waals surface area contributed by atoms with Crippen molar-refractivity contribution in [2.24, 2.45) is 0 Å². The largest absolute Gasteiger partial charge is 0.508 e. The first-order valence-electron chi connectivity index (χ1n) is 5.69. The van der Waals surface area contributed by atoms with Crippen LogP contribution in [0.2, 0.25) is 0 Å². The van der Waals surface area contributed by atoms with Gasteiger partial charge in [0.05, 0.1) is 12.6 Å². The molecule has 0 unspecified atom stereocenters. The van der Waals surface area contributed by atoms with Gasteiger partial charge in [-0.25, -0.2) is 4.98 Å². The van der Waals surface area contributed by atoms with E-state index in [1.807, 2.05) is 12.1 Å². The molecule has 94 valence electrons. The van der Waals surface area contributed by atoms with Gasteiger partial charge in [0.15, 0.2) is 0 Å². The Bertz CT molecular complexity index is 682. The summed E-state index contributed by atoms with van der Waals surface area (Å²) < 4.78 is 5.14. The van der Waals surface area contributed by atoms with Crippen LogP contribution in [0.1, 0.15) is 11.5 Å². The van der Waals surface area contributed by atoms with Gasteiger partial charge in [0, 0.05) is 18.0 Å².